The fourth-order valence-electron chi connectivity index (χ4n) is 3.25. The maximum Gasteiger partial charge on any atom is 0.341 e. The van der Waals surface area contributed by atoms with Crippen LogP contribution in [0.3, 0.4) is 0 Å². The molecule has 0 saturated heterocycles. The highest BCUT2D eigenvalue weighted by atomic mass is 79.9. The maximum atomic E-state index is 12.4. The van der Waals surface area contributed by atoms with Crippen molar-refractivity contribution in [2.45, 2.75) is 25.2 Å². The van der Waals surface area contributed by atoms with Crippen molar-refractivity contribution in [3.63, 3.8) is 0 Å². The normalized spacial score (nSPS) is 18.7. The molecule has 0 N–H and O–H groups in total. The first-order valence-electron chi connectivity index (χ1n) is 8.45. The molecule has 4 rings (SSSR count). The van der Waals surface area contributed by atoms with Crippen molar-refractivity contribution >= 4 is 21.9 Å². The third-order valence-corrected chi connectivity index (χ3v) is 4.99. The van der Waals surface area contributed by atoms with Gasteiger partial charge in [0.1, 0.15) is 5.56 Å². The van der Waals surface area contributed by atoms with E-state index in [2.05, 4.69) is 31.3 Å². The van der Waals surface area contributed by atoms with E-state index in [-0.39, 0.29) is 17.8 Å². The number of carbonyl (C=O) groups excluding carboxylic acids is 1. The third kappa shape index (κ3) is 3.05. The average Bonchev–Trinajstić information content (AvgIpc) is 3.07. The van der Waals surface area contributed by atoms with Gasteiger partial charge in [-0.1, -0.05) is 27.2 Å². The maximum absolute atomic E-state index is 12.4. The van der Waals surface area contributed by atoms with Gasteiger partial charge in [0.15, 0.2) is 0 Å². The van der Waals surface area contributed by atoms with E-state index in [1.165, 1.54) is 0 Å². The third-order valence-electron chi connectivity index (χ3n) is 4.50. The van der Waals surface area contributed by atoms with Crippen LogP contribution in [-0.2, 0) is 11.8 Å². The van der Waals surface area contributed by atoms with Gasteiger partial charge in [-0.25, -0.2) is 9.48 Å². The Labute approximate surface area is 159 Å². The van der Waals surface area contributed by atoms with Crippen LogP contribution < -0.4 is 0 Å². The molecule has 26 heavy (non-hydrogen) atoms. The Bertz CT molecular complexity index is 964. The van der Waals surface area contributed by atoms with Gasteiger partial charge >= 0.3 is 5.97 Å². The van der Waals surface area contributed by atoms with Gasteiger partial charge in [0.05, 0.1) is 29.9 Å². The number of aryl methyl sites for hydroxylation is 1. The molecule has 0 amide bonds. The minimum atomic E-state index is -0.339. The van der Waals surface area contributed by atoms with Crippen LogP contribution in [-0.4, -0.2) is 37.4 Å². The van der Waals surface area contributed by atoms with E-state index in [9.17, 15) is 4.79 Å². The standard InChI is InChI=1S/C18H18BrN5O2/c1-3-26-18(25)15-9-20-24(12-6-4-5-11(19)7-12)17(15)14-8-13(14)16-10-23(2)22-21-16/h4-7,9-10,13-14H,3,8H2,1-2H3/t13-,14-/m1/s1. The van der Waals surface area contributed by atoms with E-state index in [1.54, 1.807) is 17.8 Å². The Morgan fingerprint density at radius 3 is 2.92 bits per heavy atom. The second-order valence-corrected chi connectivity index (χ2v) is 7.24. The van der Waals surface area contributed by atoms with Gasteiger partial charge in [0.2, 0.25) is 0 Å². The highest BCUT2D eigenvalue weighted by molar-refractivity contribution is 9.10. The zero-order valence-corrected chi connectivity index (χ0v) is 16.0. The molecule has 0 bridgehead atoms. The zero-order valence-electron chi connectivity index (χ0n) is 14.5. The molecule has 1 fully saturated rings. The number of benzene rings is 1. The number of carbonyl (C=O) groups is 1. The van der Waals surface area contributed by atoms with Crippen LogP contribution in [0.2, 0.25) is 0 Å². The van der Waals surface area contributed by atoms with Crippen LogP contribution in [0, 0.1) is 0 Å². The number of rotatable bonds is 5. The van der Waals surface area contributed by atoms with Crippen LogP contribution >= 0.6 is 15.9 Å². The quantitative estimate of drug-likeness (QED) is 0.598. The predicted octanol–water partition coefficient (Wildman–Crippen LogP) is 3.21. The molecule has 3 aromatic rings. The smallest absolute Gasteiger partial charge is 0.341 e. The van der Waals surface area contributed by atoms with Gasteiger partial charge in [-0.05, 0) is 31.5 Å². The minimum Gasteiger partial charge on any atom is -0.462 e. The van der Waals surface area contributed by atoms with Gasteiger partial charge in [-0.15, -0.1) is 5.10 Å². The molecule has 0 aliphatic heterocycles. The Morgan fingerprint density at radius 2 is 2.23 bits per heavy atom. The van der Waals surface area contributed by atoms with Crippen molar-refractivity contribution in [3.05, 3.63) is 58.1 Å². The summed E-state index contributed by atoms with van der Waals surface area (Å²) in [5.41, 5.74) is 3.23. The summed E-state index contributed by atoms with van der Waals surface area (Å²) < 4.78 is 9.71. The van der Waals surface area contributed by atoms with Crippen LogP contribution in [0.4, 0.5) is 0 Å². The highest BCUT2D eigenvalue weighted by Crippen LogP contribution is 2.55. The number of ether oxygens (including phenoxy) is 1. The molecule has 0 unspecified atom stereocenters. The molecule has 1 aliphatic carbocycles. The fraction of sp³-hybridized carbons (Fsp3) is 0.333. The molecule has 2 atom stereocenters. The number of esters is 1. The first-order valence-corrected chi connectivity index (χ1v) is 9.25. The number of halogens is 1. The average molecular weight is 416 g/mol. The van der Waals surface area contributed by atoms with E-state index >= 15 is 0 Å². The van der Waals surface area contributed by atoms with Crippen molar-refractivity contribution in [1.82, 2.24) is 24.8 Å². The van der Waals surface area contributed by atoms with Gasteiger partial charge in [-0.2, -0.15) is 5.10 Å². The summed E-state index contributed by atoms with van der Waals surface area (Å²) in [6.45, 7) is 2.13. The minimum absolute atomic E-state index is 0.160. The largest absolute Gasteiger partial charge is 0.462 e. The molecular weight excluding hydrogens is 398 g/mol. The monoisotopic (exact) mass is 415 g/mol. The predicted molar refractivity (Wildman–Crippen MR) is 98.3 cm³/mol. The summed E-state index contributed by atoms with van der Waals surface area (Å²) in [5.74, 6) is 0.0561. The van der Waals surface area contributed by atoms with Crippen LogP contribution in [0.15, 0.2) is 41.1 Å². The second kappa shape index (κ2) is 6.68. The first kappa shape index (κ1) is 17.0. The van der Waals surface area contributed by atoms with Gasteiger partial charge in [0.25, 0.3) is 0 Å². The number of aromatic nitrogens is 5. The van der Waals surface area contributed by atoms with E-state index in [0.717, 1.165) is 28.0 Å². The number of nitrogens with zero attached hydrogens (tertiary/aromatic N) is 5. The summed E-state index contributed by atoms with van der Waals surface area (Å²) in [6, 6.07) is 7.85. The molecule has 1 aliphatic rings. The van der Waals surface area contributed by atoms with Gasteiger partial charge in [-0.3, -0.25) is 4.68 Å². The topological polar surface area (TPSA) is 74.8 Å². The van der Waals surface area contributed by atoms with Crippen molar-refractivity contribution in [2.24, 2.45) is 7.05 Å². The van der Waals surface area contributed by atoms with Crippen molar-refractivity contribution in [3.8, 4) is 5.69 Å². The zero-order chi connectivity index (χ0) is 18.3. The lowest BCUT2D eigenvalue weighted by atomic mass is 10.1. The summed E-state index contributed by atoms with van der Waals surface area (Å²) >= 11 is 3.49. The van der Waals surface area contributed by atoms with Gasteiger partial charge in [0, 0.05) is 29.6 Å². The van der Waals surface area contributed by atoms with E-state index in [1.807, 2.05) is 42.2 Å². The van der Waals surface area contributed by atoms with Crippen LogP contribution in [0.1, 0.15) is 46.9 Å². The van der Waals surface area contributed by atoms with Gasteiger partial charge < -0.3 is 4.74 Å². The molecule has 134 valence electrons. The molecule has 8 heteroatoms. The number of hydrogen-bond acceptors (Lipinski definition) is 5. The van der Waals surface area contributed by atoms with Crippen molar-refractivity contribution in [2.75, 3.05) is 6.61 Å². The van der Waals surface area contributed by atoms with E-state index in [4.69, 9.17) is 4.74 Å². The lowest BCUT2D eigenvalue weighted by Gasteiger charge is -2.10. The molecule has 1 aromatic carbocycles. The Hall–Kier alpha value is -2.48. The Kier molecular flexibility index (Phi) is 4.36. The summed E-state index contributed by atoms with van der Waals surface area (Å²) in [7, 11) is 1.85. The molecule has 2 heterocycles. The fourth-order valence-corrected chi connectivity index (χ4v) is 3.64. The summed E-state index contributed by atoms with van der Waals surface area (Å²) in [4.78, 5) is 12.4. The highest BCUT2D eigenvalue weighted by Gasteiger charge is 2.46. The molecule has 0 spiro atoms. The van der Waals surface area contributed by atoms with E-state index in [0.29, 0.717) is 12.2 Å². The molecule has 7 nitrogen and oxygen atoms in total. The SMILES string of the molecule is CCOC(=O)c1cnn(-c2cccc(Br)c2)c1[C@@H]1C[C@H]1c1cn(C)nn1. The lowest BCUT2D eigenvalue weighted by molar-refractivity contribution is 0.0525. The second-order valence-electron chi connectivity index (χ2n) is 6.32. The van der Waals surface area contributed by atoms with Crippen LogP contribution in [0.25, 0.3) is 5.69 Å². The molecule has 0 radical (unpaired) electrons. The van der Waals surface area contributed by atoms with Crippen molar-refractivity contribution in [1.29, 1.82) is 0 Å². The number of hydrogen-bond donors (Lipinski definition) is 0. The Morgan fingerprint density at radius 1 is 1.38 bits per heavy atom. The lowest BCUT2D eigenvalue weighted by Crippen LogP contribution is -2.09. The molecule has 2 aromatic heterocycles. The van der Waals surface area contributed by atoms with Crippen LogP contribution in [0.5, 0.6) is 0 Å². The molecule has 1 saturated carbocycles. The van der Waals surface area contributed by atoms with Crippen molar-refractivity contribution < 1.29 is 9.53 Å². The summed E-state index contributed by atoms with van der Waals surface area (Å²) in [6.07, 6.45) is 4.43. The van der Waals surface area contributed by atoms with E-state index < -0.39 is 0 Å². The Balaban J connectivity index is 1.75. The first-order chi connectivity index (χ1) is 12.6. The summed E-state index contributed by atoms with van der Waals surface area (Å²) in [5, 5.41) is 12.7. The molecular formula is C18H18BrN5O2.